The summed E-state index contributed by atoms with van der Waals surface area (Å²) >= 11 is 0. The molecule has 0 atom stereocenters. The molecule has 3 heteroatoms. The molecule has 2 aromatic heterocycles. The number of hydrogen-bond acceptors (Lipinski definition) is 1. The van der Waals surface area contributed by atoms with E-state index in [9.17, 15) is 0 Å². The maximum atomic E-state index is 7.48. The average Bonchev–Trinajstić information content (AvgIpc) is 3.44. The molecular weight excluding hydrogens is 546 g/mol. The van der Waals surface area contributed by atoms with Crippen LogP contribution in [0.3, 0.4) is 0 Å². The number of aromatic nitrogens is 2. The Bertz CT molecular complexity index is 2640. The van der Waals surface area contributed by atoms with Crippen LogP contribution >= 0.6 is 0 Å². The Hall–Kier alpha value is -6.24. The number of fused-ring (bicyclic) bond motifs is 7. The summed E-state index contributed by atoms with van der Waals surface area (Å²) in [5.74, 6) is 0. The highest BCUT2D eigenvalue weighted by Crippen LogP contribution is 2.39. The molecule has 9 rings (SSSR count). The van der Waals surface area contributed by atoms with Gasteiger partial charge in [-0.25, -0.2) is 9.83 Å². The Labute approximate surface area is 260 Å². The first kappa shape index (κ1) is 25.3. The van der Waals surface area contributed by atoms with E-state index in [2.05, 4.69) is 149 Å². The Kier molecular flexibility index (Phi) is 5.57. The molecule has 0 aliphatic carbocycles. The van der Waals surface area contributed by atoms with Gasteiger partial charge in [0.1, 0.15) is 0 Å². The molecule has 2 heterocycles. The molecule has 0 saturated heterocycles. The number of para-hydroxylation sites is 2. The van der Waals surface area contributed by atoms with Gasteiger partial charge in [-0.15, -0.1) is 0 Å². The number of pyridine rings is 1. The van der Waals surface area contributed by atoms with Gasteiger partial charge in [-0.3, -0.25) is 0 Å². The van der Waals surface area contributed by atoms with Gasteiger partial charge in [-0.05, 0) is 63.9 Å². The summed E-state index contributed by atoms with van der Waals surface area (Å²) in [6, 6.07) is 53.4. The van der Waals surface area contributed by atoms with Gasteiger partial charge >= 0.3 is 0 Å². The van der Waals surface area contributed by atoms with Gasteiger partial charge in [0.15, 0.2) is 5.69 Å². The monoisotopic (exact) mass is 571 g/mol. The van der Waals surface area contributed by atoms with E-state index in [1.807, 2.05) is 12.1 Å². The molecule has 0 bridgehead atoms. The second kappa shape index (κ2) is 9.91. The van der Waals surface area contributed by atoms with Crippen LogP contribution in [-0.2, 0) is 0 Å². The first-order chi connectivity index (χ1) is 22.3. The molecule has 0 radical (unpaired) electrons. The lowest BCUT2D eigenvalue weighted by Crippen LogP contribution is -1.93. The maximum Gasteiger partial charge on any atom is 0.188 e. The lowest BCUT2D eigenvalue weighted by molar-refractivity contribution is 1.18. The van der Waals surface area contributed by atoms with Crippen molar-refractivity contribution in [1.29, 1.82) is 0 Å². The van der Waals surface area contributed by atoms with Crippen LogP contribution in [-0.4, -0.2) is 9.55 Å². The fourth-order valence-electron chi connectivity index (χ4n) is 6.88. The predicted molar refractivity (Wildman–Crippen MR) is 188 cm³/mol. The third-order valence-corrected chi connectivity index (χ3v) is 8.99. The van der Waals surface area contributed by atoms with Gasteiger partial charge in [-0.2, -0.15) is 0 Å². The number of rotatable bonds is 3. The summed E-state index contributed by atoms with van der Waals surface area (Å²) < 4.78 is 2.29. The van der Waals surface area contributed by atoms with Crippen molar-refractivity contribution in [3.8, 4) is 27.9 Å². The molecule has 0 aliphatic rings. The Morgan fingerprint density at radius 2 is 1.13 bits per heavy atom. The molecule has 0 amide bonds. The summed E-state index contributed by atoms with van der Waals surface area (Å²) in [5, 5.41) is 6.95. The number of hydrogen-bond donors (Lipinski definition) is 0. The van der Waals surface area contributed by atoms with E-state index in [0.29, 0.717) is 5.69 Å². The van der Waals surface area contributed by atoms with Gasteiger partial charge < -0.3 is 4.57 Å². The SMILES string of the molecule is [C-]#[N+]c1ccc2c(c1)c1ccccc1n2-c1ccc(-c2ccc(-c3c4ccccc4nc4c3ccc3ccccc34)cc2)cc1. The fourth-order valence-corrected chi connectivity index (χ4v) is 6.88. The maximum absolute atomic E-state index is 7.48. The highest BCUT2D eigenvalue weighted by atomic mass is 15.0. The minimum absolute atomic E-state index is 0.658. The summed E-state index contributed by atoms with van der Waals surface area (Å²) in [4.78, 5) is 8.78. The molecular formula is C42H25N3. The molecule has 0 unspecified atom stereocenters. The van der Waals surface area contributed by atoms with Crippen molar-refractivity contribution in [3.63, 3.8) is 0 Å². The van der Waals surface area contributed by atoms with Gasteiger partial charge in [0.2, 0.25) is 0 Å². The van der Waals surface area contributed by atoms with Crippen molar-refractivity contribution in [3.05, 3.63) is 163 Å². The predicted octanol–water partition coefficient (Wildman–Crippen LogP) is 11.5. The zero-order chi connectivity index (χ0) is 29.9. The molecule has 3 nitrogen and oxygen atoms in total. The van der Waals surface area contributed by atoms with Gasteiger partial charge in [0, 0.05) is 32.8 Å². The van der Waals surface area contributed by atoms with E-state index in [-0.39, 0.29) is 0 Å². The second-order valence-corrected chi connectivity index (χ2v) is 11.5. The van der Waals surface area contributed by atoms with Crippen LogP contribution in [0.15, 0.2) is 152 Å². The van der Waals surface area contributed by atoms with Crippen LogP contribution in [0.4, 0.5) is 5.69 Å². The van der Waals surface area contributed by atoms with E-state index in [0.717, 1.165) is 49.5 Å². The lowest BCUT2D eigenvalue weighted by Gasteiger charge is -2.14. The third kappa shape index (κ3) is 3.94. The molecule has 0 spiro atoms. The lowest BCUT2D eigenvalue weighted by atomic mass is 9.93. The van der Waals surface area contributed by atoms with E-state index in [1.54, 1.807) is 0 Å². The number of nitrogens with zero attached hydrogens (tertiary/aromatic N) is 3. The van der Waals surface area contributed by atoms with Crippen molar-refractivity contribution >= 4 is 60.1 Å². The summed E-state index contributed by atoms with van der Waals surface area (Å²) in [5.41, 5.74) is 10.8. The van der Waals surface area contributed by atoms with Crippen LogP contribution < -0.4 is 0 Å². The molecule has 0 aliphatic heterocycles. The summed E-state index contributed by atoms with van der Waals surface area (Å²) in [6.07, 6.45) is 0. The van der Waals surface area contributed by atoms with Gasteiger partial charge in [0.05, 0.1) is 28.6 Å². The third-order valence-electron chi connectivity index (χ3n) is 8.99. The summed E-state index contributed by atoms with van der Waals surface area (Å²) in [6.45, 7) is 7.48. The van der Waals surface area contributed by atoms with Crippen molar-refractivity contribution < 1.29 is 0 Å². The van der Waals surface area contributed by atoms with Gasteiger partial charge in [-0.1, -0.05) is 115 Å². The molecule has 9 aromatic rings. The summed E-state index contributed by atoms with van der Waals surface area (Å²) in [7, 11) is 0. The van der Waals surface area contributed by atoms with Crippen LogP contribution in [0.2, 0.25) is 0 Å². The topological polar surface area (TPSA) is 22.2 Å². The van der Waals surface area contributed by atoms with Crippen LogP contribution in [0.5, 0.6) is 0 Å². The van der Waals surface area contributed by atoms with Crippen LogP contribution in [0, 0.1) is 6.57 Å². The molecule has 45 heavy (non-hydrogen) atoms. The van der Waals surface area contributed by atoms with E-state index >= 15 is 0 Å². The molecule has 208 valence electrons. The first-order valence-electron chi connectivity index (χ1n) is 15.1. The van der Waals surface area contributed by atoms with Crippen LogP contribution in [0.1, 0.15) is 0 Å². The van der Waals surface area contributed by atoms with E-state index in [1.165, 1.54) is 32.8 Å². The molecule has 0 fully saturated rings. The average molecular weight is 572 g/mol. The zero-order valence-corrected chi connectivity index (χ0v) is 24.3. The van der Waals surface area contributed by atoms with Crippen molar-refractivity contribution in [1.82, 2.24) is 9.55 Å². The smallest absolute Gasteiger partial charge is 0.188 e. The second-order valence-electron chi connectivity index (χ2n) is 11.5. The molecule has 0 saturated carbocycles. The minimum Gasteiger partial charge on any atom is -0.309 e. The van der Waals surface area contributed by atoms with Crippen molar-refractivity contribution in [2.75, 3.05) is 0 Å². The molecule has 0 N–H and O–H groups in total. The zero-order valence-electron chi connectivity index (χ0n) is 24.3. The Morgan fingerprint density at radius 3 is 1.93 bits per heavy atom. The van der Waals surface area contributed by atoms with E-state index in [4.69, 9.17) is 11.6 Å². The van der Waals surface area contributed by atoms with Gasteiger partial charge in [0.25, 0.3) is 0 Å². The largest absolute Gasteiger partial charge is 0.309 e. The fraction of sp³-hybridized carbons (Fsp3) is 0. The minimum atomic E-state index is 0.658. The normalized spacial score (nSPS) is 11.5. The highest BCUT2D eigenvalue weighted by Gasteiger charge is 2.15. The quantitative estimate of drug-likeness (QED) is 0.117. The molecule has 7 aromatic carbocycles. The van der Waals surface area contributed by atoms with Crippen molar-refractivity contribution in [2.24, 2.45) is 0 Å². The Balaban J connectivity index is 1.14. The highest BCUT2D eigenvalue weighted by molar-refractivity contribution is 6.17. The number of benzene rings is 7. The van der Waals surface area contributed by atoms with E-state index < -0.39 is 0 Å². The van der Waals surface area contributed by atoms with Crippen LogP contribution in [0.25, 0.3) is 87.2 Å². The first-order valence-corrected chi connectivity index (χ1v) is 15.1. The standard InChI is InChI=1S/C42H25N3/c1-43-31-21-25-40-37(26-31)34-10-5-7-13-39(34)45(40)32-22-18-28(19-23-32)27-14-16-30(17-15-27)41-35-11-4-6-12-38(35)44-42-33-9-3-2-8-29(33)20-24-36(41)42/h2-26H. The Morgan fingerprint density at radius 1 is 0.489 bits per heavy atom. The van der Waals surface area contributed by atoms with Crippen molar-refractivity contribution in [2.45, 2.75) is 0 Å².